The number of ether oxygens (including phenoxy) is 1. The Kier molecular flexibility index (Phi) is 4.47. The maximum atomic E-state index is 12.4. The van der Waals surface area contributed by atoms with Gasteiger partial charge in [0.05, 0.1) is 24.2 Å². The Labute approximate surface area is 117 Å². The van der Waals surface area contributed by atoms with Gasteiger partial charge in [0.15, 0.2) is 0 Å². The minimum atomic E-state index is -3.56. The molecule has 1 aliphatic heterocycles. The van der Waals surface area contributed by atoms with E-state index in [4.69, 9.17) is 21.4 Å². The normalized spacial score (nSPS) is 21.5. The molecule has 7 heteroatoms. The molecule has 0 aromatic heterocycles. The van der Waals surface area contributed by atoms with E-state index in [1.54, 1.807) is 0 Å². The summed E-state index contributed by atoms with van der Waals surface area (Å²) in [6, 6.07) is 4.37. The molecule has 0 spiro atoms. The number of rotatable bonds is 3. The zero-order chi connectivity index (χ0) is 14.0. The van der Waals surface area contributed by atoms with E-state index < -0.39 is 10.0 Å². The Morgan fingerprint density at radius 1 is 1.53 bits per heavy atom. The highest BCUT2D eigenvalue weighted by molar-refractivity contribution is 7.89. The predicted octanol–water partition coefficient (Wildman–Crippen LogP) is 1.24. The molecular formula is C12H16ClNO4S. The molecule has 1 heterocycles. The van der Waals surface area contributed by atoms with Crippen LogP contribution in [0.25, 0.3) is 0 Å². The van der Waals surface area contributed by atoms with Gasteiger partial charge in [-0.05, 0) is 24.6 Å². The van der Waals surface area contributed by atoms with Crippen molar-refractivity contribution >= 4 is 21.6 Å². The van der Waals surface area contributed by atoms with Crippen molar-refractivity contribution in [3.05, 3.63) is 28.8 Å². The number of benzene rings is 1. The molecule has 0 bridgehead atoms. The molecule has 106 valence electrons. The lowest BCUT2D eigenvalue weighted by atomic mass is 10.2. The Morgan fingerprint density at radius 2 is 2.26 bits per heavy atom. The molecule has 1 saturated heterocycles. The van der Waals surface area contributed by atoms with E-state index in [2.05, 4.69) is 0 Å². The van der Waals surface area contributed by atoms with Crippen molar-refractivity contribution in [1.29, 1.82) is 0 Å². The van der Waals surface area contributed by atoms with Crippen LogP contribution in [0.4, 0.5) is 0 Å². The molecule has 0 saturated carbocycles. The van der Waals surface area contributed by atoms with Crippen LogP contribution in [-0.2, 0) is 21.4 Å². The fourth-order valence-corrected chi connectivity index (χ4v) is 3.80. The average Bonchev–Trinajstić information content (AvgIpc) is 2.38. The number of aliphatic hydroxyl groups is 1. The molecule has 1 atom stereocenters. The summed E-state index contributed by atoms with van der Waals surface area (Å²) in [6.45, 7) is 2.69. The van der Waals surface area contributed by atoms with Gasteiger partial charge in [-0.2, -0.15) is 4.31 Å². The third-order valence-corrected chi connectivity index (χ3v) is 5.25. The van der Waals surface area contributed by atoms with Crippen LogP contribution in [0.3, 0.4) is 0 Å². The van der Waals surface area contributed by atoms with Crippen molar-refractivity contribution in [2.45, 2.75) is 24.5 Å². The summed E-state index contributed by atoms with van der Waals surface area (Å²) in [6.07, 6.45) is -0.115. The fourth-order valence-electron chi connectivity index (χ4n) is 1.97. The van der Waals surface area contributed by atoms with Gasteiger partial charge in [0.2, 0.25) is 10.0 Å². The Morgan fingerprint density at radius 3 is 2.84 bits per heavy atom. The second-order valence-electron chi connectivity index (χ2n) is 4.46. The molecule has 1 aliphatic rings. The van der Waals surface area contributed by atoms with Gasteiger partial charge < -0.3 is 9.84 Å². The SMILES string of the molecule is CC1CN(S(=O)(=O)c2ccc(CO)c(Cl)c2)CCO1. The smallest absolute Gasteiger partial charge is 0.243 e. The van der Waals surface area contributed by atoms with Crippen LogP contribution in [0, 0.1) is 0 Å². The van der Waals surface area contributed by atoms with Gasteiger partial charge in [0.1, 0.15) is 0 Å². The van der Waals surface area contributed by atoms with Gasteiger partial charge in [0, 0.05) is 18.1 Å². The molecule has 1 unspecified atom stereocenters. The monoisotopic (exact) mass is 305 g/mol. The minimum absolute atomic E-state index is 0.115. The summed E-state index contributed by atoms with van der Waals surface area (Å²) in [5.74, 6) is 0. The zero-order valence-corrected chi connectivity index (χ0v) is 12.1. The number of nitrogens with zero attached hydrogens (tertiary/aromatic N) is 1. The largest absolute Gasteiger partial charge is 0.392 e. The van der Waals surface area contributed by atoms with Crippen molar-refractivity contribution in [2.75, 3.05) is 19.7 Å². The summed E-state index contributed by atoms with van der Waals surface area (Å²) in [4.78, 5) is 0.142. The number of hydrogen-bond acceptors (Lipinski definition) is 4. The van der Waals surface area contributed by atoms with Crippen LogP contribution >= 0.6 is 11.6 Å². The maximum absolute atomic E-state index is 12.4. The van der Waals surface area contributed by atoms with E-state index in [-0.39, 0.29) is 22.6 Å². The van der Waals surface area contributed by atoms with Gasteiger partial charge in [-0.3, -0.25) is 0 Å². The second kappa shape index (κ2) is 5.76. The molecule has 5 nitrogen and oxygen atoms in total. The molecule has 1 aromatic carbocycles. The molecular weight excluding hydrogens is 290 g/mol. The summed E-state index contributed by atoms with van der Waals surface area (Å²) >= 11 is 5.94. The highest BCUT2D eigenvalue weighted by Gasteiger charge is 2.29. The predicted molar refractivity (Wildman–Crippen MR) is 71.5 cm³/mol. The summed E-state index contributed by atoms with van der Waals surface area (Å²) in [5, 5.41) is 9.29. The third kappa shape index (κ3) is 3.09. The lowest BCUT2D eigenvalue weighted by molar-refractivity contribution is 0.0102. The molecule has 1 aromatic rings. The van der Waals surface area contributed by atoms with Crippen molar-refractivity contribution in [3.63, 3.8) is 0 Å². The van der Waals surface area contributed by atoms with E-state index in [1.807, 2.05) is 6.92 Å². The van der Waals surface area contributed by atoms with Crippen LogP contribution in [0.2, 0.25) is 5.02 Å². The first kappa shape index (κ1) is 14.7. The van der Waals surface area contributed by atoms with Crippen LogP contribution in [-0.4, -0.2) is 43.6 Å². The van der Waals surface area contributed by atoms with Gasteiger partial charge in [-0.15, -0.1) is 0 Å². The molecule has 1 N–H and O–H groups in total. The van der Waals surface area contributed by atoms with Gasteiger partial charge in [-0.25, -0.2) is 8.42 Å². The van der Waals surface area contributed by atoms with Crippen molar-refractivity contribution in [2.24, 2.45) is 0 Å². The summed E-state index contributed by atoms with van der Waals surface area (Å²) in [5.41, 5.74) is 0.510. The standard InChI is InChI=1S/C12H16ClNO4S/c1-9-7-14(4-5-18-9)19(16,17)11-3-2-10(8-15)12(13)6-11/h2-3,6,9,15H,4-5,7-8H2,1H3. The Hall–Kier alpha value is -0.660. The highest BCUT2D eigenvalue weighted by Crippen LogP contribution is 2.24. The van der Waals surface area contributed by atoms with Gasteiger partial charge in [0.25, 0.3) is 0 Å². The van der Waals surface area contributed by atoms with Gasteiger partial charge >= 0.3 is 0 Å². The molecule has 0 radical (unpaired) electrons. The first-order valence-corrected chi connectivity index (χ1v) is 7.78. The maximum Gasteiger partial charge on any atom is 0.243 e. The highest BCUT2D eigenvalue weighted by atomic mass is 35.5. The molecule has 0 amide bonds. The Bertz CT molecular complexity index is 561. The second-order valence-corrected chi connectivity index (χ2v) is 6.80. The van der Waals surface area contributed by atoms with Crippen molar-refractivity contribution < 1.29 is 18.3 Å². The number of aliphatic hydroxyl groups excluding tert-OH is 1. The molecule has 19 heavy (non-hydrogen) atoms. The van der Waals surface area contributed by atoms with E-state index in [0.717, 1.165) is 0 Å². The van der Waals surface area contributed by atoms with Crippen LogP contribution in [0.15, 0.2) is 23.1 Å². The van der Waals surface area contributed by atoms with E-state index in [0.29, 0.717) is 25.3 Å². The van der Waals surface area contributed by atoms with E-state index in [9.17, 15) is 8.42 Å². The fraction of sp³-hybridized carbons (Fsp3) is 0.500. The number of halogens is 1. The summed E-state index contributed by atoms with van der Waals surface area (Å²) in [7, 11) is -3.56. The topological polar surface area (TPSA) is 66.8 Å². The van der Waals surface area contributed by atoms with Crippen LogP contribution in [0.1, 0.15) is 12.5 Å². The first-order valence-electron chi connectivity index (χ1n) is 5.96. The third-order valence-electron chi connectivity index (χ3n) is 3.04. The summed E-state index contributed by atoms with van der Waals surface area (Å²) < 4.78 is 31.6. The number of hydrogen-bond donors (Lipinski definition) is 1. The minimum Gasteiger partial charge on any atom is -0.392 e. The lowest BCUT2D eigenvalue weighted by Crippen LogP contribution is -2.44. The first-order chi connectivity index (χ1) is 8.95. The molecule has 0 aliphatic carbocycles. The van der Waals surface area contributed by atoms with E-state index in [1.165, 1.54) is 22.5 Å². The number of morpholine rings is 1. The quantitative estimate of drug-likeness (QED) is 0.912. The lowest BCUT2D eigenvalue weighted by Gasteiger charge is -2.30. The van der Waals surface area contributed by atoms with Crippen LogP contribution < -0.4 is 0 Å². The van der Waals surface area contributed by atoms with Crippen molar-refractivity contribution in [1.82, 2.24) is 4.31 Å². The Balaban J connectivity index is 2.31. The van der Waals surface area contributed by atoms with Gasteiger partial charge in [-0.1, -0.05) is 17.7 Å². The number of sulfonamides is 1. The van der Waals surface area contributed by atoms with E-state index >= 15 is 0 Å². The zero-order valence-electron chi connectivity index (χ0n) is 10.5. The molecule has 2 rings (SSSR count). The average molecular weight is 306 g/mol. The van der Waals surface area contributed by atoms with Crippen molar-refractivity contribution in [3.8, 4) is 0 Å². The van der Waals surface area contributed by atoms with Crippen LogP contribution in [0.5, 0.6) is 0 Å². The molecule has 1 fully saturated rings.